The van der Waals surface area contributed by atoms with Crippen LogP contribution in [0.2, 0.25) is 0 Å². The molecule has 2 saturated heterocycles. The van der Waals surface area contributed by atoms with Crippen molar-refractivity contribution in [2.24, 2.45) is 5.92 Å². The van der Waals surface area contributed by atoms with Crippen LogP contribution >= 0.6 is 0 Å². The summed E-state index contributed by atoms with van der Waals surface area (Å²) in [7, 11) is 0. The number of hydrogen-bond acceptors (Lipinski definition) is 5. The minimum atomic E-state index is -0.178. The van der Waals surface area contributed by atoms with E-state index in [2.05, 4.69) is 23.5 Å². The normalized spacial score (nSPS) is 25.8. The summed E-state index contributed by atoms with van der Waals surface area (Å²) in [6.07, 6.45) is 5.04. The molecule has 0 aromatic carbocycles. The quantitative estimate of drug-likeness (QED) is 0.833. The summed E-state index contributed by atoms with van der Waals surface area (Å²) in [5.74, 6) is 0.534. The van der Waals surface area contributed by atoms with Crippen LogP contribution in [0.3, 0.4) is 0 Å². The number of rotatable bonds is 6. The minimum Gasteiger partial charge on any atom is -0.378 e. The third-order valence-corrected chi connectivity index (χ3v) is 4.90. The van der Waals surface area contributed by atoms with Crippen molar-refractivity contribution >= 4 is 5.91 Å². The van der Waals surface area contributed by atoms with Crippen LogP contribution in [0.1, 0.15) is 31.9 Å². The van der Waals surface area contributed by atoms with Gasteiger partial charge in [-0.2, -0.15) is 5.10 Å². The third kappa shape index (κ3) is 3.96. The Balaban J connectivity index is 1.52. The first kappa shape index (κ1) is 17.4. The fourth-order valence-corrected chi connectivity index (χ4v) is 3.38. The molecule has 0 saturated carbocycles. The van der Waals surface area contributed by atoms with Gasteiger partial charge in [-0.3, -0.25) is 9.48 Å². The number of morpholine rings is 1. The van der Waals surface area contributed by atoms with Gasteiger partial charge in [0.15, 0.2) is 0 Å². The highest BCUT2D eigenvalue weighted by atomic mass is 16.5. The number of aromatic nitrogens is 2. The second kappa shape index (κ2) is 8.09. The van der Waals surface area contributed by atoms with Crippen molar-refractivity contribution < 1.29 is 14.3 Å². The van der Waals surface area contributed by atoms with E-state index >= 15 is 0 Å². The van der Waals surface area contributed by atoms with Crippen LogP contribution in [-0.2, 0) is 20.8 Å². The molecular weight excluding hydrogens is 308 g/mol. The molecule has 2 aliphatic rings. The second-order valence-corrected chi connectivity index (χ2v) is 6.54. The van der Waals surface area contributed by atoms with Crippen molar-refractivity contribution in [2.75, 3.05) is 39.5 Å². The number of nitrogens with one attached hydrogen (secondary N) is 1. The maximum absolute atomic E-state index is 12.5. The van der Waals surface area contributed by atoms with Gasteiger partial charge >= 0.3 is 0 Å². The lowest BCUT2D eigenvalue weighted by Gasteiger charge is -2.30. The lowest BCUT2D eigenvalue weighted by atomic mass is 9.97. The topological polar surface area (TPSA) is 68.6 Å². The van der Waals surface area contributed by atoms with Crippen LogP contribution in [0, 0.1) is 5.92 Å². The van der Waals surface area contributed by atoms with E-state index in [0.717, 1.165) is 31.7 Å². The fraction of sp³-hybridized carbons (Fsp3) is 0.765. The van der Waals surface area contributed by atoms with Gasteiger partial charge < -0.3 is 19.7 Å². The molecule has 1 amide bonds. The zero-order chi connectivity index (χ0) is 16.9. The number of nitrogens with zero attached hydrogens (tertiary/aromatic N) is 3. The summed E-state index contributed by atoms with van der Waals surface area (Å²) in [6.45, 7) is 9.07. The third-order valence-electron chi connectivity index (χ3n) is 4.90. The average molecular weight is 336 g/mol. The maximum Gasteiger partial charge on any atom is 0.239 e. The Morgan fingerprint density at radius 3 is 2.92 bits per heavy atom. The van der Waals surface area contributed by atoms with E-state index in [-0.39, 0.29) is 18.1 Å². The summed E-state index contributed by atoms with van der Waals surface area (Å²) in [4.78, 5) is 14.3. The Morgan fingerprint density at radius 2 is 2.21 bits per heavy atom. The van der Waals surface area contributed by atoms with Gasteiger partial charge in [0.25, 0.3) is 0 Å². The first-order valence-electron chi connectivity index (χ1n) is 8.93. The van der Waals surface area contributed by atoms with Gasteiger partial charge in [-0.15, -0.1) is 0 Å². The molecule has 134 valence electrons. The Labute approximate surface area is 143 Å². The first-order chi connectivity index (χ1) is 11.7. The van der Waals surface area contributed by atoms with Gasteiger partial charge in [0.05, 0.1) is 31.6 Å². The van der Waals surface area contributed by atoms with E-state index in [1.807, 2.05) is 22.7 Å². The molecule has 1 aromatic rings. The Morgan fingerprint density at radius 1 is 1.42 bits per heavy atom. The van der Waals surface area contributed by atoms with Crippen molar-refractivity contribution in [3.05, 3.63) is 18.0 Å². The van der Waals surface area contributed by atoms with Crippen LogP contribution < -0.4 is 5.32 Å². The van der Waals surface area contributed by atoms with Crippen molar-refractivity contribution in [1.82, 2.24) is 20.0 Å². The number of carbonyl (C=O) groups excluding carboxylic acids is 1. The highest BCUT2D eigenvalue weighted by molar-refractivity contribution is 5.81. The Kier molecular flexibility index (Phi) is 5.86. The molecule has 2 aliphatic heterocycles. The van der Waals surface area contributed by atoms with Crippen molar-refractivity contribution in [3.8, 4) is 0 Å². The minimum absolute atomic E-state index is 0.0727. The van der Waals surface area contributed by atoms with Crippen LogP contribution in [0.25, 0.3) is 0 Å². The molecule has 3 heterocycles. The molecule has 0 aliphatic carbocycles. The van der Waals surface area contributed by atoms with E-state index in [1.165, 1.54) is 0 Å². The molecular formula is C17H28N4O3. The standard InChI is InChI=1S/C17H28N4O3/c1-3-21-12-15(11-19-21)16-14(4-7-24-16)10-18-13(2)17(22)20-5-8-23-9-6-20/h11-14,16,18H,3-10H2,1-2H3. The van der Waals surface area contributed by atoms with Crippen molar-refractivity contribution in [2.45, 2.75) is 39.0 Å². The SMILES string of the molecule is CCn1cc(C2OCCC2CNC(C)C(=O)N2CCOCC2)cn1. The summed E-state index contributed by atoms with van der Waals surface area (Å²) in [6, 6.07) is -0.178. The van der Waals surface area contributed by atoms with Crippen molar-refractivity contribution in [1.29, 1.82) is 0 Å². The van der Waals surface area contributed by atoms with E-state index < -0.39 is 0 Å². The lowest BCUT2D eigenvalue weighted by Crippen LogP contribution is -2.50. The highest BCUT2D eigenvalue weighted by Crippen LogP contribution is 2.33. The van der Waals surface area contributed by atoms with Gasteiger partial charge in [0.2, 0.25) is 5.91 Å². The molecule has 7 nitrogen and oxygen atoms in total. The lowest BCUT2D eigenvalue weighted by molar-refractivity contribution is -0.137. The number of amides is 1. The molecule has 1 N–H and O–H groups in total. The predicted molar refractivity (Wildman–Crippen MR) is 89.6 cm³/mol. The molecule has 24 heavy (non-hydrogen) atoms. The van der Waals surface area contributed by atoms with Crippen LogP contribution in [0.15, 0.2) is 12.4 Å². The maximum atomic E-state index is 12.5. The molecule has 3 atom stereocenters. The van der Waals surface area contributed by atoms with Crippen LogP contribution in [-0.4, -0.2) is 66.1 Å². The zero-order valence-corrected chi connectivity index (χ0v) is 14.6. The molecule has 3 unspecified atom stereocenters. The summed E-state index contributed by atoms with van der Waals surface area (Å²) in [5.41, 5.74) is 1.13. The van der Waals surface area contributed by atoms with Crippen LogP contribution in [0.5, 0.6) is 0 Å². The van der Waals surface area contributed by atoms with Gasteiger partial charge in [-0.05, 0) is 20.3 Å². The number of aryl methyl sites for hydroxylation is 1. The smallest absolute Gasteiger partial charge is 0.239 e. The average Bonchev–Trinajstić information content (AvgIpc) is 3.28. The largest absolute Gasteiger partial charge is 0.378 e. The van der Waals surface area contributed by atoms with Gasteiger partial charge in [0, 0.05) is 50.5 Å². The van der Waals surface area contributed by atoms with Gasteiger partial charge in [0.1, 0.15) is 0 Å². The highest BCUT2D eigenvalue weighted by Gasteiger charge is 2.31. The first-order valence-corrected chi connectivity index (χ1v) is 8.93. The predicted octanol–water partition coefficient (Wildman–Crippen LogP) is 0.818. The molecule has 0 radical (unpaired) electrons. The number of hydrogen-bond donors (Lipinski definition) is 1. The summed E-state index contributed by atoms with van der Waals surface area (Å²) in [5, 5.41) is 7.74. The van der Waals surface area contributed by atoms with E-state index in [1.54, 1.807) is 0 Å². The molecule has 1 aromatic heterocycles. The number of carbonyl (C=O) groups is 1. The summed E-state index contributed by atoms with van der Waals surface area (Å²) >= 11 is 0. The Hall–Kier alpha value is -1.44. The zero-order valence-electron chi connectivity index (χ0n) is 14.6. The molecule has 0 spiro atoms. The van der Waals surface area contributed by atoms with Crippen LogP contribution in [0.4, 0.5) is 0 Å². The van der Waals surface area contributed by atoms with Crippen molar-refractivity contribution in [3.63, 3.8) is 0 Å². The monoisotopic (exact) mass is 336 g/mol. The second-order valence-electron chi connectivity index (χ2n) is 6.54. The molecule has 7 heteroatoms. The van der Waals surface area contributed by atoms with Gasteiger partial charge in [-0.1, -0.05) is 0 Å². The molecule has 0 bridgehead atoms. The number of ether oxygens (including phenoxy) is 2. The molecule has 3 rings (SSSR count). The Bertz CT molecular complexity index is 542. The van der Waals surface area contributed by atoms with E-state index in [9.17, 15) is 4.79 Å². The van der Waals surface area contributed by atoms with E-state index in [0.29, 0.717) is 32.2 Å². The van der Waals surface area contributed by atoms with Gasteiger partial charge in [-0.25, -0.2) is 0 Å². The summed E-state index contributed by atoms with van der Waals surface area (Å²) < 4.78 is 13.1. The molecule has 2 fully saturated rings. The van der Waals surface area contributed by atoms with E-state index in [4.69, 9.17) is 9.47 Å². The fourth-order valence-electron chi connectivity index (χ4n) is 3.38.